The Labute approximate surface area is 121 Å². The zero-order valence-electron chi connectivity index (χ0n) is 12.6. The fourth-order valence-corrected chi connectivity index (χ4v) is 2.72. The van der Waals surface area contributed by atoms with Crippen molar-refractivity contribution in [2.45, 2.75) is 52.6 Å². The van der Waals surface area contributed by atoms with E-state index in [1.807, 2.05) is 4.57 Å². The van der Waals surface area contributed by atoms with Gasteiger partial charge in [0.05, 0.1) is 6.20 Å². The van der Waals surface area contributed by atoms with Crippen LogP contribution in [-0.2, 0) is 13.1 Å². The Bertz CT molecular complexity index is 488. The summed E-state index contributed by atoms with van der Waals surface area (Å²) >= 11 is 0. The average Bonchev–Trinajstić information content (AvgIpc) is 2.43. The number of aromatic hydroxyl groups is 1. The number of pyridine rings is 1. The molecule has 4 nitrogen and oxygen atoms in total. The first kappa shape index (κ1) is 15.1. The summed E-state index contributed by atoms with van der Waals surface area (Å²) in [5, 5.41) is 9.62. The summed E-state index contributed by atoms with van der Waals surface area (Å²) in [5.41, 5.74) is 0.758. The normalized spacial score (nSPS) is 17.5. The molecule has 0 aromatic carbocycles. The molecule has 1 saturated heterocycles. The van der Waals surface area contributed by atoms with E-state index in [-0.39, 0.29) is 11.2 Å². The van der Waals surface area contributed by atoms with Gasteiger partial charge in [-0.3, -0.25) is 9.69 Å². The van der Waals surface area contributed by atoms with Gasteiger partial charge in [-0.05, 0) is 38.3 Å². The molecule has 1 aliphatic rings. The van der Waals surface area contributed by atoms with Crippen molar-refractivity contribution in [1.82, 2.24) is 9.47 Å². The van der Waals surface area contributed by atoms with Gasteiger partial charge in [0.1, 0.15) is 0 Å². The molecule has 2 heterocycles. The third kappa shape index (κ3) is 3.85. The first-order chi connectivity index (χ1) is 9.60. The van der Waals surface area contributed by atoms with Crippen LogP contribution in [0.2, 0.25) is 0 Å². The van der Waals surface area contributed by atoms with E-state index >= 15 is 0 Å². The number of aryl methyl sites for hydroxylation is 1. The van der Waals surface area contributed by atoms with Crippen molar-refractivity contribution in [3.8, 4) is 5.75 Å². The second-order valence-corrected chi connectivity index (χ2v) is 6.02. The van der Waals surface area contributed by atoms with Gasteiger partial charge in [-0.1, -0.05) is 20.3 Å². The molecule has 0 saturated carbocycles. The van der Waals surface area contributed by atoms with Crippen molar-refractivity contribution in [3.05, 3.63) is 28.2 Å². The molecule has 0 atom stereocenters. The molecule has 0 amide bonds. The molecule has 0 radical (unpaired) electrons. The number of hydrogen-bond acceptors (Lipinski definition) is 3. The summed E-state index contributed by atoms with van der Waals surface area (Å²) in [4.78, 5) is 14.1. The second kappa shape index (κ2) is 6.93. The highest BCUT2D eigenvalue weighted by Gasteiger charge is 2.17. The molecular formula is C16H26N2O2. The Morgan fingerprint density at radius 2 is 2.05 bits per heavy atom. The first-order valence-corrected chi connectivity index (χ1v) is 7.74. The van der Waals surface area contributed by atoms with Crippen LogP contribution < -0.4 is 5.43 Å². The molecule has 2 rings (SSSR count). The summed E-state index contributed by atoms with van der Waals surface area (Å²) in [6, 6.07) is 1.60. The zero-order chi connectivity index (χ0) is 14.5. The number of aromatic nitrogens is 1. The molecule has 112 valence electrons. The fraction of sp³-hybridized carbons (Fsp3) is 0.688. The third-order valence-corrected chi connectivity index (χ3v) is 4.21. The molecule has 0 bridgehead atoms. The molecule has 1 aliphatic heterocycles. The highest BCUT2D eigenvalue weighted by Crippen LogP contribution is 2.18. The minimum atomic E-state index is -0.266. The van der Waals surface area contributed by atoms with E-state index in [1.54, 1.807) is 12.3 Å². The lowest BCUT2D eigenvalue weighted by molar-refractivity contribution is 0.181. The molecular weight excluding hydrogens is 252 g/mol. The number of unbranched alkanes of at least 4 members (excludes halogenated alkanes) is 1. The topological polar surface area (TPSA) is 45.5 Å². The Hall–Kier alpha value is -1.29. The van der Waals surface area contributed by atoms with Crippen molar-refractivity contribution in [3.63, 3.8) is 0 Å². The molecule has 0 unspecified atom stereocenters. The standard InChI is InChI=1S/C16H26N2O2/c1-3-4-7-18-12-16(20)15(19)10-14(18)11-17-8-5-13(2)6-9-17/h10,12-13,20H,3-9,11H2,1-2H3. The molecule has 20 heavy (non-hydrogen) atoms. The molecule has 1 fully saturated rings. The number of piperidine rings is 1. The third-order valence-electron chi connectivity index (χ3n) is 4.21. The number of rotatable bonds is 5. The van der Waals surface area contributed by atoms with Gasteiger partial charge in [-0.2, -0.15) is 0 Å². The van der Waals surface area contributed by atoms with Crippen LogP contribution in [0.3, 0.4) is 0 Å². The van der Waals surface area contributed by atoms with E-state index in [0.29, 0.717) is 0 Å². The maximum atomic E-state index is 11.7. The SMILES string of the molecule is CCCCn1cc(O)c(=O)cc1CN1CCC(C)CC1. The maximum Gasteiger partial charge on any atom is 0.223 e. The molecule has 1 aromatic rings. The lowest BCUT2D eigenvalue weighted by atomic mass is 9.99. The van der Waals surface area contributed by atoms with E-state index in [0.717, 1.165) is 50.6 Å². The van der Waals surface area contributed by atoms with Gasteiger partial charge < -0.3 is 9.67 Å². The summed E-state index contributed by atoms with van der Waals surface area (Å²) in [6.07, 6.45) is 6.23. The van der Waals surface area contributed by atoms with Crippen molar-refractivity contribution < 1.29 is 5.11 Å². The van der Waals surface area contributed by atoms with E-state index in [2.05, 4.69) is 18.7 Å². The lowest BCUT2D eigenvalue weighted by Crippen LogP contribution is -2.33. The van der Waals surface area contributed by atoms with Gasteiger partial charge in [-0.25, -0.2) is 0 Å². The van der Waals surface area contributed by atoms with Gasteiger partial charge >= 0.3 is 0 Å². The molecule has 0 spiro atoms. The molecule has 0 aliphatic carbocycles. The lowest BCUT2D eigenvalue weighted by Gasteiger charge is -2.31. The average molecular weight is 278 g/mol. The summed E-state index contributed by atoms with van der Waals surface area (Å²) < 4.78 is 2.04. The van der Waals surface area contributed by atoms with E-state index < -0.39 is 0 Å². The highest BCUT2D eigenvalue weighted by molar-refractivity contribution is 5.20. The summed E-state index contributed by atoms with van der Waals surface area (Å²) in [5.74, 6) is 0.672. The Kier molecular flexibility index (Phi) is 5.24. The predicted octanol–water partition coefficient (Wildman–Crippen LogP) is 2.59. The number of likely N-dealkylation sites (tertiary alicyclic amines) is 1. The van der Waals surface area contributed by atoms with E-state index in [4.69, 9.17) is 0 Å². The van der Waals surface area contributed by atoms with Crippen molar-refractivity contribution in [1.29, 1.82) is 0 Å². The Morgan fingerprint density at radius 1 is 1.35 bits per heavy atom. The fourth-order valence-electron chi connectivity index (χ4n) is 2.72. The van der Waals surface area contributed by atoms with E-state index in [1.165, 1.54) is 12.8 Å². The van der Waals surface area contributed by atoms with Crippen molar-refractivity contribution in [2.75, 3.05) is 13.1 Å². The Morgan fingerprint density at radius 3 is 2.70 bits per heavy atom. The smallest absolute Gasteiger partial charge is 0.223 e. The van der Waals surface area contributed by atoms with Gasteiger partial charge in [0, 0.05) is 24.8 Å². The molecule has 1 aromatic heterocycles. The van der Waals surface area contributed by atoms with Crippen molar-refractivity contribution in [2.24, 2.45) is 5.92 Å². The first-order valence-electron chi connectivity index (χ1n) is 7.74. The summed E-state index contributed by atoms with van der Waals surface area (Å²) in [7, 11) is 0. The van der Waals surface area contributed by atoms with Gasteiger partial charge in [0.25, 0.3) is 0 Å². The van der Waals surface area contributed by atoms with Gasteiger partial charge in [-0.15, -0.1) is 0 Å². The van der Waals surface area contributed by atoms with Gasteiger partial charge in [0.15, 0.2) is 5.75 Å². The predicted molar refractivity (Wildman–Crippen MR) is 80.9 cm³/mol. The van der Waals surface area contributed by atoms with Crippen LogP contribution in [-0.4, -0.2) is 27.7 Å². The van der Waals surface area contributed by atoms with Gasteiger partial charge in [0.2, 0.25) is 5.43 Å². The van der Waals surface area contributed by atoms with Crippen molar-refractivity contribution >= 4 is 0 Å². The largest absolute Gasteiger partial charge is 0.503 e. The van der Waals surface area contributed by atoms with Crippen LogP contribution in [0.5, 0.6) is 5.75 Å². The van der Waals surface area contributed by atoms with E-state index in [9.17, 15) is 9.90 Å². The Balaban J connectivity index is 2.12. The van der Waals surface area contributed by atoms with Crippen LogP contribution in [0.15, 0.2) is 17.1 Å². The highest BCUT2D eigenvalue weighted by atomic mass is 16.3. The molecule has 4 heteroatoms. The van der Waals surface area contributed by atoms with Crippen LogP contribution in [0, 0.1) is 5.92 Å². The minimum Gasteiger partial charge on any atom is -0.503 e. The monoisotopic (exact) mass is 278 g/mol. The molecule has 1 N–H and O–H groups in total. The number of hydrogen-bond donors (Lipinski definition) is 1. The zero-order valence-corrected chi connectivity index (χ0v) is 12.6. The second-order valence-electron chi connectivity index (χ2n) is 6.02. The van der Waals surface area contributed by atoms with Crippen LogP contribution in [0.4, 0.5) is 0 Å². The van der Waals surface area contributed by atoms with Crippen LogP contribution in [0.1, 0.15) is 45.2 Å². The van der Waals surface area contributed by atoms with Crippen LogP contribution in [0.25, 0.3) is 0 Å². The van der Waals surface area contributed by atoms with Crippen LogP contribution >= 0.6 is 0 Å². The number of nitrogens with zero attached hydrogens (tertiary/aromatic N) is 2. The maximum absolute atomic E-state index is 11.7. The quantitative estimate of drug-likeness (QED) is 0.900. The minimum absolute atomic E-state index is 0.142. The summed E-state index contributed by atoms with van der Waals surface area (Å²) in [6.45, 7) is 8.33.